The maximum absolute atomic E-state index is 9.00. The van der Waals surface area contributed by atoms with Gasteiger partial charge in [-0.2, -0.15) is 5.26 Å². The number of pyridine rings is 1. The molecule has 1 aromatic heterocycles. The first-order valence-corrected chi connectivity index (χ1v) is 6.31. The van der Waals surface area contributed by atoms with Gasteiger partial charge in [0.1, 0.15) is 5.82 Å². The summed E-state index contributed by atoms with van der Waals surface area (Å²) in [7, 11) is 0. The summed E-state index contributed by atoms with van der Waals surface area (Å²) in [6.45, 7) is 2.61. The first-order chi connectivity index (χ1) is 9.38. The minimum atomic E-state index is 0.639. The lowest BCUT2D eigenvalue weighted by molar-refractivity contribution is 0.711. The molecule has 1 aromatic carbocycles. The van der Waals surface area contributed by atoms with Crippen molar-refractivity contribution < 1.29 is 0 Å². The summed E-state index contributed by atoms with van der Waals surface area (Å²) in [5, 5.41) is 12.4. The summed E-state index contributed by atoms with van der Waals surface area (Å²) in [6, 6.07) is 14.0. The van der Waals surface area contributed by atoms with Gasteiger partial charge in [-0.1, -0.05) is 18.2 Å². The molecule has 0 unspecified atom stereocenters. The van der Waals surface area contributed by atoms with E-state index >= 15 is 0 Å². The van der Waals surface area contributed by atoms with Gasteiger partial charge >= 0.3 is 0 Å². The molecule has 0 amide bonds. The Labute approximate surface area is 112 Å². The summed E-state index contributed by atoms with van der Waals surface area (Å²) in [4.78, 5) is 6.56. The smallest absolute Gasteiger partial charge is 0.134 e. The van der Waals surface area contributed by atoms with E-state index in [1.54, 1.807) is 12.3 Å². The Kier molecular flexibility index (Phi) is 3.13. The number of hydrogen-bond donors (Lipinski definition) is 1. The van der Waals surface area contributed by atoms with Gasteiger partial charge < -0.3 is 10.2 Å². The fourth-order valence-electron chi connectivity index (χ4n) is 2.33. The Bertz CT molecular complexity index is 630. The highest BCUT2D eigenvalue weighted by Crippen LogP contribution is 2.28. The largest absolute Gasteiger partial charge is 0.325 e. The van der Waals surface area contributed by atoms with Crippen LogP contribution >= 0.6 is 0 Å². The fraction of sp³-hybridized carbons (Fsp3) is 0.200. The van der Waals surface area contributed by atoms with Crippen molar-refractivity contribution in [1.82, 2.24) is 10.3 Å². The van der Waals surface area contributed by atoms with Gasteiger partial charge in [-0.15, -0.1) is 0 Å². The van der Waals surface area contributed by atoms with Crippen LogP contribution in [0.1, 0.15) is 11.1 Å². The number of hydrogen-bond acceptors (Lipinski definition) is 4. The quantitative estimate of drug-likeness (QED) is 0.843. The molecule has 0 radical (unpaired) electrons. The van der Waals surface area contributed by atoms with E-state index < -0.39 is 0 Å². The summed E-state index contributed by atoms with van der Waals surface area (Å²) in [5.41, 5.74) is 3.05. The first kappa shape index (κ1) is 11.7. The molecule has 1 N–H and O–H groups in total. The zero-order valence-corrected chi connectivity index (χ0v) is 10.5. The number of benzene rings is 1. The SMILES string of the molecule is N#Cc1ccnc(N2CCNCc3ccccc32)c1. The Morgan fingerprint density at radius 2 is 2.16 bits per heavy atom. The molecule has 4 heteroatoms. The molecule has 0 saturated heterocycles. The van der Waals surface area contributed by atoms with Crippen molar-refractivity contribution in [3.63, 3.8) is 0 Å². The van der Waals surface area contributed by atoms with E-state index in [4.69, 9.17) is 5.26 Å². The Hall–Kier alpha value is -2.38. The highest BCUT2D eigenvalue weighted by molar-refractivity contribution is 5.65. The zero-order chi connectivity index (χ0) is 13.1. The normalized spacial score (nSPS) is 14.4. The number of fused-ring (bicyclic) bond motifs is 1. The van der Waals surface area contributed by atoms with Crippen LogP contribution in [0, 0.1) is 11.3 Å². The predicted molar refractivity (Wildman–Crippen MR) is 74.1 cm³/mol. The predicted octanol–water partition coefficient (Wildman–Crippen LogP) is 2.19. The van der Waals surface area contributed by atoms with Crippen molar-refractivity contribution in [2.75, 3.05) is 18.0 Å². The highest BCUT2D eigenvalue weighted by Gasteiger charge is 2.17. The number of nitrogens with zero attached hydrogens (tertiary/aromatic N) is 3. The molecule has 0 atom stereocenters. The molecule has 0 fully saturated rings. The van der Waals surface area contributed by atoms with Crippen molar-refractivity contribution >= 4 is 11.5 Å². The Morgan fingerprint density at radius 3 is 3.05 bits per heavy atom. The van der Waals surface area contributed by atoms with Crippen molar-refractivity contribution in [3.05, 3.63) is 53.7 Å². The van der Waals surface area contributed by atoms with Crippen molar-refractivity contribution in [2.24, 2.45) is 0 Å². The minimum absolute atomic E-state index is 0.639. The average Bonchev–Trinajstić information content (AvgIpc) is 2.69. The molecule has 1 aliphatic rings. The van der Waals surface area contributed by atoms with Gasteiger partial charge in [-0.25, -0.2) is 4.98 Å². The lowest BCUT2D eigenvalue weighted by Crippen LogP contribution is -2.25. The van der Waals surface area contributed by atoms with Gasteiger partial charge in [-0.05, 0) is 23.8 Å². The molecule has 0 spiro atoms. The fourth-order valence-corrected chi connectivity index (χ4v) is 2.33. The van der Waals surface area contributed by atoms with Crippen LogP contribution in [-0.4, -0.2) is 18.1 Å². The van der Waals surface area contributed by atoms with E-state index in [1.165, 1.54) is 5.56 Å². The second-order valence-corrected chi connectivity index (χ2v) is 4.47. The maximum Gasteiger partial charge on any atom is 0.134 e. The van der Waals surface area contributed by atoms with Crippen molar-refractivity contribution in [1.29, 1.82) is 5.26 Å². The van der Waals surface area contributed by atoms with E-state index in [0.29, 0.717) is 5.56 Å². The van der Waals surface area contributed by atoms with Crippen molar-refractivity contribution in [2.45, 2.75) is 6.54 Å². The lowest BCUT2D eigenvalue weighted by atomic mass is 10.1. The summed E-state index contributed by atoms with van der Waals surface area (Å²) < 4.78 is 0. The minimum Gasteiger partial charge on any atom is -0.325 e. The Balaban J connectivity index is 2.07. The standard InChI is InChI=1S/C15H14N4/c16-10-12-5-6-18-15(9-12)19-8-7-17-11-13-3-1-2-4-14(13)19/h1-6,9,17H,7-8,11H2. The maximum atomic E-state index is 9.00. The van der Waals surface area contributed by atoms with Crippen molar-refractivity contribution in [3.8, 4) is 6.07 Å². The van der Waals surface area contributed by atoms with Crippen LogP contribution < -0.4 is 10.2 Å². The van der Waals surface area contributed by atoms with Gasteiger partial charge in [0, 0.05) is 31.5 Å². The zero-order valence-electron chi connectivity index (χ0n) is 10.5. The van der Waals surface area contributed by atoms with Gasteiger partial charge in [-0.3, -0.25) is 0 Å². The topological polar surface area (TPSA) is 52.0 Å². The molecular formula is C15H14N4. The van der Waals surface area contributed by atoms with Crippen LogP contribution in [0.25, 0.3) is 0 Å². The molecule has 2 heterocycles. The molecule has 2 aromatic rings. The molecular weight excluding hydrogens is 236 g/mol. The van der Waals surface area contributed by atoms with Gasteiger partial charge in [0.2, 0.25) is 0 Å². The summed E-state index contributed by atoms with van der Waals surface area (Å²) in [6.07, 6.45) is 1.69. The lowest BCUT2D eigenvalue weighted by Gasteiger charge is -2.23. The molecule has 1 aliphatic heterocycles. The first-order valence-electron chi connectivity index (χ1n) is 6.31. The summed E-state index contributed by atoms with van der Waals surface area (Å²) >= 11 is 0. The third-order valence-corrected chi connectivity index (χ3v) is 3.26. The molecule has 94 valence electrons. The van der Waals surface area contributed by atoms with Gasteiger partial charge in [0.05, 0.1) is 11.6 Å². The second-order valence-electron chi connectivity index (χ2n) is 4.47. The van der Waals surface area contributed by atoms with Crippen LogP contribution in [0.3, 0.4) is 0 Å². The van der Waals surface area contributed by atoms with Gasteiger partial charge in [0.15, 0.2) is 0 Å². The second kappa shape index (κ2) is 5.09. The third kappa shape index (κ3) is 2.28. The van der Waals surface area contributed by atoms with Gasteiger partial charge in [0.25, 0.3) is 0 Å². The number of para-hydroxylation sites is 1. The summed E-state index contributed by atoms with van der Waals surface area (Å²) in [5.74, 6) is 0.829. The van der Waals surface area contributed by atoms with Crippen LogP contribution in [-0.2, 0) is 6.54 Å². The number of nitrogens with one attached hydrogen (secondary N) is 1. The number of nitriles is 1. The molecule has 3 rings (SSSR count). The molecule has 0 saturated carbocycles. The molecule has 4 nitrogen and oxygen atoms in total. The highest BCUT2D eigenvalue weighted by atomic mass is 15.2. The van der Waals surface area contributed by atoms with Crippen LogP contribution in [0.4, 0.5) is 11.5 Å². The average molecular weight is 250 g/mol. The molecule has 0 aliphatic carbocycles. The van der Waals surface area contributed by atoms with E-state index in [1.807, 2.05) is 18.2 Å². The van der Waals surface area contributed by atoms with E-state index in [0.717, 1.165) is 31.1 Å². The molecule has 19 heavy (non-hydrogen) atoms. The van der Waals surface area contributed by atoms with Crippen LogP contribution in [0.15, 0.2) is 42.6 Å². The monoisotopic (exact) mass is 250 g/mol. The molecule has 0 bridgehead atoms. The van der Waals surface area contributed by atoms with E-state index in [2.05, 4.69) is 33.4 Å². The van der Waals surface area contributed by atoms with E-state index in [-0.39, 0.29) is 0 Å². The van der Waals surface area contributed by atoms with E-state index in [9.17, 15) is 0 Å². The van der Waals surface area contributed by atoms with Crippen LogP contribution in [0.5, 0.6) is 0 Å². The number of anilines is 2. The van der Waals surface area contributed by atoms with Crippen LogP contribution in [0.2, 0.25) is 0 Å². The Morgan fingerprint density at radius 1 is 1.26 bits per heavy atom. The third-order valence-electron chi connectivity index (χ3n) is 3.26. The number of aromatic nitrogens is 1. The number of rotatable bonds is 1.